The topological polar surface area (TPSA) is 98.5 Å². The van der Waals surface area contributed by atoms with Crippen LogP contribution in [0, 0.1) is 10.1 Å². The van der Waals surface area contributed by atoms with Gasteiger partial charge in [-0.2, -0.15) is 0 Å². The number of ether oxygens (including phenoxy) is 1. The molecule has 26 heavy (non-hydrogen) atoms. The average molecular weight is 356 g/mol. The first kappa shape index (κ1) is 19.1. The van der Waals surface area contributed by atoms with Gasteiger partial charge in [0.1, 0.15) is 5.56 Å². The molecule has 0 heterocycles. The highest BCUT2D eigenvalue weighted by Gasteiger charge is 2.21. The lowest BCUT2D eigenvalue weighted by Crippen LogP contribution is -2.36. The van der Waals surface area contributed by atoms with Gasteiger partial charge >= 0.3 is 5.97 Å². The van der Waals surface area contributed by atoms with Crippen LogP contribution in [-0.4, -0.2) is 29.4 Å². The first-order valence-corrected chi connectivity index (χ1v) is 8.21. The molecule has 1 atom stereocenters. The van der Waals surface area contributed by atoms with Gasteiger partial charge in [-0.05, 0) is 31.4 Å². The van der Waals surface area contributed by atoms with Crippen molar-refractivity contribution in [3.63, 3.8) is 0 Å². The van der Waals surface area contributed by atoms with Crippen LogP contribution < -0.4 is 5.32 Å². The molecule has 0 aromatic heterocycles. The Labute approximate surface area is 151 Å². The Hall–Kier alpha value is -3.22. The fraction of sp³-hybridized carbons (Fsp3) is 0.263. The smallest absolute Gasteiger partial charge is 0.345 e. The number of nitrogens with zero attached hydrogens (tertiary/aromatic N) is 1. The standard InChI is InChI=1S/C19H20N2O5/c1-14(11-12-15-7-3-2-4-8-15)20-18(22)13-26-19(23)16-9-5-6-10-17(16)21(24)25/h2-10,14H,11-13H2,1H3,(H,20,22). The van der Waals surface area contributed by atoms with Crippen molar-refractivity contribution >= 4 is 17.6 Å². The summed E-state index contributed by atoms with van der Waals surface area (Å²) in [5, 5.41) is 13.7. The molecular formula is C19H20N2O5. The fourth-order valence-electron chi connectivity index (χ4n) is 2.43. The number of esters is 1. The molecule has 2 aromatic rings. The molecule has 1 unspecified atom stereocenters. The molecule has 136 valence electrons. The van der Waals surface area contributed by atoms with Crippen LogP contribution in [0.1, 0.15) is 29.3 Å². The molecule has 7 heteroatoms. The Bertz CT molecular complexity index is 777. The summed E-state index contributed by atoms with van der Waals surface area (Å²) in [5.74, 6) is -1.35. The predicted octanol–water partition coefficient (Wildman–Crippen LogP) is 2.89. The van der Waals surface area contributed by atoms with Crippen LogP contribution in [0.5, 0.6) is 0 Å². The maximum atomic E-state index is 12.0. The summed E-state index contributed by atoms with van der Waals surface area (Å²) in [6.07, 6.45) is 1.56. The monoisotopic (exact) mass is 356 g/mol. The maximum Gasteiger partial charge on any atom is 0.345 e. The Kier molecular flexibility index (Phi) is 6.84. The van der Waals surface area contributed by atoms with Gasteiger partial charge in [0.25, 0.3) is 11.6 Å². The molecule has 0 aliphatic heterocycles. The van der Waals surface area contributed by atoms with E-state index in [2.05, 4.69) is 5.32 Å². The molecule has 2 aromatic carbocycles. The number of nitrogens with one attached hydrogen (secondary N) is 1. The second-order valence-corrected chi connectivity index (χ2v) is 5.84. The van der Waals surface area contributed by atoms with Crippen LogP contribution in [0.25, 0.3) is 0 Å². The number of hydrogen-bond donors (Lipinski definition) is 1. The minimum absolute atomic E-state index is 0.0903. The number of benzene rings is 2. The zero-order chi connectivity index (χ0) is 18.9. The first-order chi connectivity index (χ1) is 12.5. The third kappa shape index (κ3) is 5.70. The van der Waals surface area contributed by atoms with E-state index >= 15 is 0 Å². The van der Waals surface area contributed by atoms with Crippen molar-refractivity contribution in [3.05, 3.63) is 75.8 Å². The van der Waals surface area contributed by atoms with E-state index in [-0.39, 0.29) is 17.3 Å². The summed E-state index contributed by atoms with van der Waals surface area (Å²) >= 11 is 0. The second-order valence-electron chi connectivity index (χ2n) is 5.84. The lowest BCUT2D eigenvalue weighted by Gasteiger charge is -2.14. The molecule has 0 fully saturated rings. The summed E-state index contributed by atoms with van der Waals surface area (Å²) in [4.78, 5) is 34.1. The Balaban J connectivity index is 1.79. The van der Waals surface area contributed by atoms with Gasteiger partial charge in [-0.15, -0.1) is 0 Å². The molecule has 0 bridgehead atoms. The van der Waals surface area contributed by atoms with E-state index in [0.29, 0.717) is 0 Å². The second kappa shape index (κ2) is 9.31. The number of para-hydroxylation sites is 1. The molecule has 0 aliphatic carbocycles. The molecular weight excluding hydrogens is 336 g/mol. The van der Waals surface area contributed by atoms with Crippen molar-refractivity contribution in [1.29, 1.82) is 0 Å². The lowest BCUT2D eigenvalue weighted by molar-refractivity contribution is -0.385. The number of carbonyl (C=O) groups is 2. The summed E-state index contributed by atoms with van der Waals surface area (Å²) in [6, 6.07) is 15.3. The summed E-state index contributed by atoms with van der Waals surface area (Å²) in [5.41, 5.74) is 0.646. The number of amides is 1. The van der Waals surface area contributed by atoms with Crippen LogP contribution in [-0.2, 0) is 16.0 Å². The van der Waals surface area contributed by atoms with Crippen molar-refractivity contribution in [2.75, 3.05) is 6.61 Å². The number of carbonyl (C=O) groups excluding carboxylic acids is 2. The molecule has 0 saturated heterocycles. The van der Waals surface area contributed by atoms with Gasteiger partial charge in [0, 0.05) is 12.1 Å². The highest BCUT2D eigenvalue weighted by Crippen LogP contribution is 2.18. The fourth-order valence-corrected chi connectivity index (χ4v) is 2.43. The summed E-state index contributed by atoms with van der Waals surface area (Å²) in [7, 11) is 0. The van der Waals surface area contributed by atoms with E-state index in [4.69, 9.17) is 4.74 Å². The summed E-state index contributed by atoms with van der Waals surface area (Å²) < 4.78 is 4.89. The van der Waals surface area contributed by atoms with Crippen molar-refractivity contribution in [2.45, 2.75) is 25.8 Å². The quantitative estimate of drug-likeness (QED) is 0.445. The van der Waals surface area contributed by atoms with Crippen molar-refractivity contribution < 1.29 is 19.2 Å². The third-order valence-corrected chi connectivity index (χ3v) is 3.77. The zero-order valence-corrected chi connectivity index (χ0v) is 14.4. The van der Waals surface area contributed by atoms with Gasteiger partial charge in [-0.3, -0.25) is 14.9 Å². The molecule has 0 radical (unpaired) electrons. The lowest BCUT2D eigenvalue weighted by atomic mass is 10.1. The van der Waals surface area contributed by atoms with Gasteiger partial charge in [0.2, 0.25) is 0 Å². The van der Waals surface area contributed by atoms with E-state index in [1.165, 1.54) is 29.8 Å². The van der Waals surface area contributed by atoms with Gasteiger partial charge in [0.15, 0.2) is 6.61 Å². The average Bonchev–Trinajstić information content (AvgIpc) is 2.65. The van der Waals surface area contributed by atoms with E-state index in [1.807, 2.05) is 37.3 Å². The third-order valence-electron chi connectivity index (χ3n) is 3.77. The SMILES string of the molecule is CC(CCc1ccccc1)NC(=O)COC(=O)c1ccccc1[N+](=O)[O-]. The van der Waals surface area contributed by atoms with Crippen LogP contribution in [0.4, 0.5) is 5.69 Å². The Morgan fingerprint density at radius 3 is 2.46 bits per heavy atom. The van der Waals surface area contributed by atoms with Gasteiger partial charge in [-0.25, -0.2) is 4.79 Å². The van der Waals surface area contributed by atoms with Crippen LogP contribution in [0.3, 0.4) is 0 Å². The van der Waals surface area contributed by atoms with Crippen LogP contribution >= 0.6 is 0 Å². The van der Waals surface area contributed by atoms with E-state index < -0.39 is 23.4 Å². The molecule has 2 rings (SSSR count). The Morgan fingerprint density at radius 1 is 1.12 bits per heavy atom. The van der Waals surface area contributed by atoms with E-state index in [1.54, 1.807) is 0 Å². The van der Waals surface area contributed by atoms with Crippen LogP contribution in [0.15, 0.2) is 54.6 Å². The number of nitro benzene ring substituents is 1. The molecule has 0 saturated carbocycles. The normalized spacial score (nSPS) is 11.4. The highest BCUT2D eigenvalue weighted by atomic mass is 16.6. The molecule has 1 amide bonds. The highest BCUT2D eigenvalue weighted by molar-refractivity contribution is 5.95. The maximum absolute atomic E-state index is 12.0. The van der Waals surface area contributed by atoms with Gasteiger partial charge < -0.3 is 10.1 Å². The molecule has 0 aliphatic rings. The number of rotatable bonds is 8. The van der Waals surface area contributed by atoms with Gasteiger partial charge in [0.05, 0.1) is 4.92 Å². The first-order valence-electron chi connectivity index (χ1n) is 8.21. The molecule has 0 spiro atoms. The molecule has 1 N–H and O–H groups in total. The number of hydrogen-bond acceptors (Lipinski definition) is 5. The number of aryl methyl sites for hydroxylation is 1. The Morgan fingerprint density at radius 2 is 1.77 bits per heavy atom. The van der Waals surface area contributed by atoms with Gasteiger partial charge in [-0.1, -0.05) is 42.5 Å². The van der Waals surface area contributed by atoms with E-state index in [9.17, 15) is 19.7 Å². The van der Waals surface area contributed by atoms with E-state index in [0.717, 1.165) is 12.8 Å². The zero-order valence-electron chi connectivity index (χ0n) is 14.4. The van der Waals surface area contributed by atoms with Crippen molar-refractivity contribution in [1.82, 2.24) is 5.32 Å². The minimum atomic E-state index is -0.899. The largest absolute Gasteiger partial charge is 0.452 e. The van der Waals surface area contributed by atoms with Crippen LogP contribution in [0.2, 0.25) is 0 Å². The molecule has 7 nitrogen and oxygen atoms in total. The van der Waals surface area contributed by atoms with Crippen molar-refractivity contribution in [3.8, 4) is 0 Å². The van der Waals surface area contributed by atoms with Crippen molar-refractivity contribution in [2.24, 2.45) is 0 Å². The minimum Gasteiger partial charge on any atom is -0.452 e. The predicted molar refractivity (Wildman–Crippen MR) is 95.7 cm³/mol. The summed E-state index contributed by atoms with van der Waals surface area (Å²) in [6.45, 7) is 1.38. The number of nitro groups is 1.